The molecule has 4 rings (SSSR count). The van der Waals surface area contributed by atoms with Crippen molar-refractivity contribution in [3.63, 3.8) is 0 Å². The van der Waals surface area contributed by atoms with Crippen LogP contribution in [0.1, 0.15) is 69.0 Å². The van der Waals surface area contributed by atoms with Crippen LogP contribution in [-0.2, 0) is 16.1 Å². The van der Waals surface area contributed by atoms with Crippen LogP contribution in [0.3, 0.4) is 0 Å². The van der Waals surface area contributed by atoms with Gasteiger partial charge >= 0.3 is 5.91 Å². The second-order valence-electron chi connectivity index (χ2n) is 9.76. The minimum atomic E-state index is -1.06. The number of hydrogen-bond acceptors (Lipinski definition) is 5. The number of pyridine rings is 1. The van der Waals surface area contributed by atoms with E-state index in [1.807, 2.05) is 13.0 Å². The first-order valence-electron chi connectivity index (χ1n) is 11.4. The highest BCUT2D eigenvalue weighted by molar-refractivity contribution is 5.90. The lowest BCUT2D eigenvalue weighted by atomic mass is 9.84. The van der Waals surface area contributed by atoms with E-state index in [2.05, 4.69) is 4.98 Å². The number of nitrogen functional groups attached to an aromatic ring is 1. The molecule has 2 saturated carbocycles. The number of anilines is 1. The Hall–Kier alpha value is -1.99. The minimum Gasteiger partial charge on any atom is -0.384 e. The molecular formula is C23H35N4O3+. The zero-order valence-corrected chi connectivity index (χ0v) is 18.0. The molecule has 1 aromatic rings. The van der Waals surface area contributed by atoms with E-state index in [0.29, 0.717) is 37.7 Å². The summed E-state index contributed by atoms with van der Waals surface area (Å²) >= 11 is 0. The summed E-state index contributed by atoms with van der Waals surface area (Å²) in [5.41, 5.74) is 12.5. The number of carbonyl (C=O) groups excluding carboxylic acids is 2. The maximum absolute atomic E-state index is 13.9. The summed E-state index contributed by atoms with van der Waals surface area (Å²) in [5, 5.41) is 11.1. The number of aliphatic hydroxyl groups excluding tert-OH is 1. The number of nitrogens with two attached hydrogens (primary N) is 2. The third-order valence-corrected chi connectivity index (χ3v) is 8.00. The van der Waals surface area contributed by atoms with Crippen molar-refractivity contribution < 1.29 is 19.2 Å². The van der Waals surface area contributed by atoms with Crippen LogP contribution in [0.4, 0.5) is 5.82 Å². The molecule has 5 N–H and O–H groups in total. The molecule has 3 aliphatic rings. The molecule has 4 atom stereocenters. The van der Waals surface area contributed by atoms with Gasteiger partial charge in [-0.05, 0) is 44.2 Å². The average molecular weight is 416 g/mol. The van der Waals surface area contributed by atoms with Crippen LogP contribution >= 0.6 is 0 Å². The molecule has 0 radical (unpaired) electrons. The molecule has 0 aromatic carbocycles. The van der Waals surface area contributed by atoms with Gasteiger partial charge in [-0.2, -0.15) is 0 Å². The van der Waals surface area contributed by atoms with E-state index in [0.717, 1.165) is 49.8 Å². The third kappa shape index (κ3) is 3.42. The second kappa shape index (κ2) is 7.93. The minimum absolute atomic E-state index is 0.0622. The molecule has 2 aliphatic carbocycles. The number of quaternary nitrogens is 1. The van der Waals surface area contributed by atoms with Crippen LogP contribution in [-0.4, -0.2) is 44.6 Å². The van der Waals surface area contributed by atoms with Gasteiger partial charge < -0.3 is 16.6 Å². The highest BCUT2D eigenvalue weighted by Gasteiger charge is 2.76. The lowest BCUT2D eigenvalue weighted by molar-refractivity contribution is -0.901. The molecular weight excluding hydrogens is 380 g/mol. The Labute approximate surface area is 178 Å². The number of piperidine rings is 1. The standard InChI is InChI=1S/C23H34N4O3/c1-15-17(9-10-20(24)26-15)14-27(11-5-8-18-13-23(18,27)22(25)30)21(29)19(28)12-16-6-3-2-4-7-16/h9-10,16,18-19,28H,2-8,11-14H2,1H3,(H3-,24,25,26,30)/p+1/t18-,19-,23+,27?/m1/s1. The van der Waals surface area contributed by atoms with Crippen LogP contribution in [0.2, 0.25) is 0 Å². The number of primary amides is 1. The smallest absolute Gasteiger partial charge is 0.343 e. The number of nitrogens with zero attached hydrogens (tertiary/aromatic N) is 2. The van der Waals surface area contributed by atoms with Gasteiger partial charge in [0.2, 0.25) is 0 Å². The molecule has 7 heteroatoms. The molecule has 0 spiro atoms. The number of aromatic nitrogens is 1. The molecule has 1 aliphatic heterocycles. The SMILES string of the molecule is Cc1nc(N)ccc1C[N+]1(C(=O)[C@H](O)CC2CCCCC2)CCC[C@@H]2C[C@@]21C(N)=O. The lowest BCUT2D eigenvalue weighted by Crippen LogP contribution is -2.69. The van der Waals surface area contributed by atoms with Crippen LogP contribution in [0, 0.1) is 18.8 Å². The van der Waals surface area contributed by atoms with E-state index < -0.39 is 17.6 Å². The van der Waals surface area contributed by atoms with E-state index in [4.69, 9.17) is 11.5 Å². The summed E-state index contributed by atoms with van der Waals surface area (Å²) in [5.74, 6) is 0.280. The molecule has 2 amide bonds. The number of aliphatic hydroxyl groups is 1. The Balaban J connectivity index is 1.68. The fourth-order valence-corrected chi connectivity index (χ4v) is 6.30. The average Bonchev–Trinajstić information content (AvgIpc) is 3.47. The van der Waals surface area contributed by atoms with E-state index in [9.17, 15) is 14.7 Å². The Bertz CT molecular complexity index is 838. The highest BCUT2D eigenvalue weighted by Crippen LogP contribution is 2.59. The maximum Gasteiger partial charge on any atom is 0.343 e. The van der Waals surface area contributed by atoms with Crippen molar-refractivity contribution in [3.05, 3.63) is 23.4 Å². The van der Waals surface area contributed by atoms with Crippen molar-refractivity contribution in [3.8, 4) is 0 Å². The van der Waals surface area contributed by atoms with E-state index >= 15 is 0 Å². The lowest BCUT2D eigenvalue weighted by Gasteiger charge is -2.46. The summed E-state index contributed by atoms with van der Waals surface area (Å²) in [4.78, 5) is 31.0. The van der Waals surface area contributed by atoms with Crippen molar-refractivity contribution in [2.24, 2.45) is 17.6 Å². The predicted molar refractivity (Wildman–Crippen MR) is 114 cm³/mol. The molecule has 164 valence electrons. The fourth-order valence-electron chi connectivity index (χ4n) is 6.30. The number of carbonyl (C=O) groups is 2. The summed E-state index contributed by atoms with van der Waals surface area (Å²) in [7, 11) is 0. The number of hydrogen-bond donors (Lipinski definition) is 3. The van der Waals surface area contributed by atoms with Crippen LogP contribution in [0.15, 0.2) is 12.1 Å². The van der Waals surface area contributed by atoms with Gasteiger partial charge in [0.1, 0.15) is 12.4 Å². The molecule has 1 unspecified atom stereocenters. The number of rotatable bonds is 6. The zero-order chi connectivity index (χ0) is 21.5. The first kappa shape index (κ1) is 21.2. The van der Waals surface area contributed by atoms with E-state index in [-0.39, 0.29) is 16.3 Å². The van der Waals surface area contributed by atoms with E-state index in [1.165, 1.54) is 6.42 Å². The number of likely N-dealkylation sites (tertiary alicyclic amines) is 1. The summed E-state index contributed by atoms with van der Waals surface area (Å²) in [6.07, 6.45) is 7.50. The Morgan fingerprint density at radius 2 is 1.97 bits per heavy atom. The van der Waals surface area contributed by atoms with Gasteiger partial charge in [0, 0.05) is 23.6 Å². The zero-order valence-electron chi connectivity index (χ0n) is 18.0. The molecule has 30 heavy (non-hydrogen) atoms. The Kier molecular flexibility index (Phi) is 5.62. The molecule has 2 heterocycles. The second-order valence-corrected chi connectivity index (χ2v) is 9.76. The van der Waals surface area contributed by atoms with Gasteiger partial charge in [-0.1, -0.05) is 32.1 Å². The van der Waals surface area contributed by atoms with Crippen molar-refractivity contribution in [1.82, 2.24) is 4.98 Å². The monoisotopic (exact) mass is 415 g/mol. The normalized spacial score (nSPS) is 32.3. The molecule has 7 nitrogen and oxygen atoms in total. The molecule has 0 bridgehead atoms. The predicted octanol–water partition coefficient (Wildman–Crippen LogP) is 2.18. The molecule has 1 saturated heterocycles. The fraction of sp³-hybridized carbons (Fsp3) is 0.696. The van der Waals surface area contributed by atoms with Gasteiger partial charge in [0.05, 0.1) is 6.54 Å². The van der Waals surface area contributed by atoms with Crippen molar-refractivity contribution >= 4 is 17.6 Å². The Morgan fingerprint density at radius 3 is 2.63 bits per heavy atom. The number of amides is 2. The summed E-state index contributed by atoms with van der Waals surface area (Å²) in [6, 6.07) is 3.62. The van der Waals surface area contributed by atoms with Gasteiger partial charge in [0.15, 0.2) is 11.6 Å². The summed E-state index contributed by atoms with van der Waals surface area (Å²) < 4.78 is -0.0622. The van der Waals surface area contributed by atoms with Gasteiger partial charge in [0.25, 0.3) is 5.91 Å². The maximum atomic E-state index is 13.9. The van der Waals surface area contributed by atoms with Crippen molar-refractivity contribution in [1.29, 1.82) is 0 Å². The number of aryl methyl sites for hydroxylation is 1. The quantitative estimate of drug-likeness (QED) is 0.615. The van der Waals surface area contributed by atoms with E-state index in [1.54, 1.807) is 6.07 Å². The Morgan fingerprint density at radius 1 is 1.23 bits per heavy atom. The molecule has 1 aromatic heterocycles. The summed E-state index contributed by atoms with van der Waals surface area (Å²) in [6.45, 7) is 2.74. The largest absolute Gasteiger partial charge is 0.384 e. The topological polar surface area (TPSA) is 119 Å². The van der Waals surface area contributed by atoms with Gasteiger partial charge in [-0.25, -0.2) is 14.3 Å². The van der Waals surface area contributed by atoms with Crippen molar-refractivity contribution in [2.45, 2.75) is 82.9 Å². The third-order valence-electron chi connectivity index (χ3n) is 8.00. The van der Waals surface area contributed by atoms with Gasteiger partial charge in [-0.15, -0.1) is 0 Å². The van der Waals surface area contributed by atoms with Crippen LogP contribution < -0.4 is 11.5 Å². The first-order valence-corrected chi connectivity index (χ1v) is 11.4. The number of fused-ring (bicyclic) bond motifs is 1. The highest BCUT2D eigenvalue weighted by atomic mass is 16.3. The first-order chi connectivity index (χ1) is 14.3. The molecule has 3 fully saturated rings. The van der Waals surface area contributed by atoms with Gasteiger partial charge in [-0.3, -0.25) is 4.79 Å². The van der Waals surface area contributed by atoms with Crippen LogP contribution in [0.5, 0.6) is 0 Å². The van der Waals surface area contributed by atoms with Crippen LogP contribution in [0.25, 0.3) is 0 Å². The van der Waals surface area contributed by atoms with Crippen molar-refractivity contribution in [2.75, 3.05) is 12.3 Å².